The van der Waals surface area contributed by atoms with Crippen LogP contribution in [-0.4, -0.2) is 19.7 Å². The van der Waals surface area contributed by atoms with E-state index in [-0.39, 0.29) is 25.7 Å². The third-order valence-corrected chi connectivity index (χ3v) is 6.52. The first-order valence-electron chi connectivity index (χ1n) is 6.69. The molecule has 0 N–H and O–H groups in total. The van der Waals surface area contributed by atoms with E-state index in [4.69, 9.17) is 46.4 Å². The van der Waals surface area contributed by atoms with Gasteiger partial charge >= 0.3 is 0 Å². The lowest BCUT2D eigenvalue weighted by molar-refractivity contribution is -0.112. The minimum Gasteiger partial charge on any atom is -0.279 e. The molecular formula is C15H10Cl4FNO3S. The Hall–Kier alpha value is -1.05. The number of hydrogen-bond acceptors (Lipinski definition) is 3. The van der Waals surface area contributed by atoms with Gasteiger partial charge in [-0.1, -0.05) is 34.8 Å². The zero-order valence-electron chi connectivity index (χ0n) is 12.5. The maximum atomic E-state index is 13.1. The molecule has 134 valence electrons. The molecule has 0 aromatic heterocycles. The number of hydrogen-bond donors (Lipinski definition) is 0. The fraction of sp³-hybridized carbons (Fsp3) is 0.133. The minimum absolute atomic E-state index is 0.0367. The maximum Gasteiger partial charge on any atom is 0.265 e. The lowest BCUT2D eigenvalue weighted by Crippen LogP contribution is -2.42. The molecule has 0 saturated heterocycles. The number of rotatable bonds is 5. The number of halogens is 5. The lowest BCUT2D eigenvalue weighted by Gasteiger charge is -2.29. The van der Waals surface area contributed by atoms with Gasteiger partial charge in [-0.05, 0) is 54.9 Å². The van der Waals surface area contributed by atoms with Crippen LogP contribution in [0.3, 0.4) is 0 Å². The second kappa shape index (κ2) is 7.68. The zero-order chi connectivity index (χ0) is 18.9. The van der Waals surface area contributed by atoms with Crippen molar-refractivity contribution in [3.05, 3.63) is 57.3 Å². The third kappa shape index (κ3) is 4.20. The summed E-state index contributed by atoms with van der Waals surface area (Å²) >= 11 is 23.4. The molecule has 0 spiro atoms. The van der Waals surface area contributed by atoms with Crippen LogP contribution in [0.4, 0.5) is 10.1 Å². The molecule has 0 fully saturated rings. The van der Waals surface area contributed by atoms with Gasteiger partial charge in [0, 0.05) is 0 Å². The maximum absolute atomic E-state index is 13.1. The van der Waals surface area contributed by atoms with Crippen molar-refractivity contribution in [2.45, 2.75) is 17.9 Å². The molecule has 0 saturated carbocycles. The van der Waals surface area contributed by atoms with E-state index >= 15 is 0 Å². The molecule has 2 rings (SSSR count). The van der Waals surface area contributed by atoms with Crippen molar-refractivity contribution in [3.63, 3.8) is 0 Å². The van der Waals surface area contributed by atoms with E-state index in [0.29, 0.717) is 0 Å². The molecule has 2 aromatic rings. The Kier molecular flexibility index (Phi) is 6.22. The Morgan fingerprint density at radius 2 is 1.56 bits per heavy atom. The van der Waals surface area contributed by atoms with Crippen LogP contribution in [0.15, 0.2) is 41.3 Å². The van der Waals surface area contributed by atoms with Crippen molar-refractivity contribution in [3.8, 4) is 0 Å². The SMILES string of the molecule is CC(C(=O)Cl)N(c1cc(Cl)c(Cl)cc1Cl)S(=O)(=O)c1ccc(F)cc1. The summed E-state index contributed by atoms with van der Waals surface area (Å²) in [5.74, 6) is -0.612. The number of benzene rings is 2. The van der Waals surface area contributed by atoms with Crippen molar-refractivity contribution >= 4 is 67.4 Å². The fourth-order valence-electron chi connectivity index (χ4n) is 2.04. The van der Waals surface area contributed by atoms with Crippen LogP contribution in [0.2, 0.25) is 15.1 Å². The highest BCUT2D eigenvalue weighted by molar-refractivity contribution is 7.93. The van der Waals surface area contributed by atoms with E-state index in [0.717, 1.165) is 28.6 Å². The summed E-state index contributed by atoms with van der Waals surface area (Å²) in [6.07, 6.45) is 0. The van der Waals surface area contributed by atoms with Crippen molar-refractivity contribution < 1.29 is 17.6 Å². The summed E-state index contributed by atoms with van der Waals surface area (Å²) in [5.41, 5.74) is -0.0816. The highest BCUT2D eigenvalue weighted by atomic mass is 35.5. The predicted octanol–water partition coefficient (Wildman–Crippen LogP) is 5.14. The molecule has 0 aliphatic carbocycles. The highest BCUT2D eigenvalue weighted by Gasteiger charge is 2.34. The summed E-state index contributed by atoms with van der Waals surface area (Å²) in [7, 11) is -4.29. The van der Waals surface area contributed by atoms with Gasteiger partial charge in [-0.3, -0.25) is 9.10 Å². The summed E-state index contributed by atoms with van der Waals surface area (Å²) < 4.78 is 39.8. The average molecular weight is 445 g/mol. The Balaban J connectivity index is 2.71. The van der Waals surface area contributed by atoms with E-state index in [1.54, 1.807) is 0 Å². The Morgan fingerprint density at radius 1 is 1.04 bits per heavy atom. The van der Waals surface area contributed by atoms with Crippen molar-refractivity contribution in [1.82, 2.24) is 0 Å². The molecule has 0 radical (unpaired) electrons. The first-order chi connectivity index (χ1) is 11.6. The van der Waals surface area contributed by atoms with Gasteiger partial charge in [0.05, 0.1) is 25.7 Å². The smallest absolute Gasteiger partial charge is 0.265 e. The number of carbonyl (C=O) groups excluding carboxylic acids is 1. The first kappa shape index (κ1) is 20.3. The third-order valence-electron chi connectivity index (χ3n) is 3.28. The molecule has 0 aliphatic rings. The fourth-order valence-corrected chi connectivity index (χ4v) is 4.51. The largest absolute Gasteiger partial charge is 0.279 e. The summed E-state index contributed by atoms with van der Waals surface area (Å²) in [6, 6.07) is 5.25. The number of carbonyl (C=O) groups is 1. The average Bonchev–Trinajstić information content (AvgIpc) is 2.52. The summed E-state index contributed by atoms with van der Waals surface area (Å²) in [6.45, 7) is 1.29. The standard InChI is InChI=1S/C15H10Cl4FNO3S/c1-8(15(19)22)21(14-7-12(17)11(16)6-13(14)18)25(23,24)10-4-2-9(20)3-5-10/h2-8H,1H3. The first-order valence-corrected chi connectivity index (χ1v) is 9.64. The Labute approximate surface area is 164 Å². The molecule has 4 nitrogen and oxygen atoms in total. The van der Waals surface area contributed by atoms with Gasteiger partial charge in [0.15, 0.2) is 0 Å². The van der Waals surface area contributed by atoms with Gasteiger partial charge in [0.1, 0.15) is 11.9 Å². The van der Waals surface area contributed by atoms with Crippen molar-refractivity contribution in [2.24, 2.45) is 0 Å². The molecule has 0 heterocycles. The number of nitrogens with zero attached hydrogens (tertiary/aromatic N) is 1. The minimum atomic E-state index is -4.29. The van der Waals surface area contributed by atoms with Crippen molar-refractivity contribution in [2.75, 3.05) is 4.31 Å². The molecule has 1 atom stereocenters. The van der Waals surface area contributed by atoms with Crippen LogP contribution in [0, 0.1) is 5.82 Å². The topological polar surface area (TPSA) is 54.5 Å². The van der Waals surface area contributed by atoms with Crippen molar-refractivity contribution in [1.29, 1.82) is 0 Å². The van der Waals surface area contributed by atoms with Gasteiger partial charge in [-0.25, -0.2) is 12.8 Å². The lowest BCUT2D eigenvalue weighted by atomic mass is 10.2. The van der Waals surface area contributed by atoms with E-state index in [1.165, 1.54) is 19.1 Å². The van der Waals surface area contributed by atoms with Crippen LogP contribution in [-0.2, 0) is 14.8 Å². The number of anilines is 1. The molecule has 25 heavy (non-hydrogen) atoms. The van der Waals surface area contributed by atoms with Crippen LogP contribution < -0.4 is 4.31 Å². The van der Waals surface area contributed by atoms with Gasteiger partial charge in [0.25, 0.3) is 10.0 Å². The van der Waals surface area contributed by atoms with E-state index in [1.807, 2.05) is 0 Å². The summed E-state index contributed by atoms with van der Waals surface area (Å²) in [4.78, 5) is 11.4. The Morgan fingerprint density at radius 3 is 2.08 bits per heavy atom. The van der Waals surface area contributed by atoms with Crippen LogP contribution >= 0.6 is 46.4 Å². The van der Waals surface area contributed by atoms with Crippen LogP contribution in [0.25, 0.3) is 0 Å². The molecule has 2 aromatic carbocycles. The molecule has 0 aliphatic heterocycles. The van der Waals surface area contributed by atoms with E-state index in [9.17, 15) is 17.6 Å². The number of sulfonamides is 1. The van der Waals surface area contributed by atoms with Crippen LogP contribution in [0.1, 0.15) is 6.92 Å². The van der Waals surface area contributed by atoms with E-state index < -0.39 is 27.1 Å². The normalized spacial score (nSPS) is 12.7. The monoisotopic (exact) mass is 443 g/mol. The van der Waals surface area contributed by atoms with Gasteiger partial charge in [-0.15, -0.1) is 0 Å². The van der Waals surface area contributed by atoms with Gasteiger partial charge in [0.2, 0.25) is 5.24 Å². The highest BCUT2D eigenvalue weighted by Crippen LogP contribution is 2.38. The van der Waals surface area contributed by atoms with Gasteiger partial charge in [-0.2, -0.15) is 0 Å². The zero-order valence-corrected chi connectivity index (χ0v) is 16.4. The molecule has 0 bridgehead atoms. The van der Waals surface area contributed by atoms with Crippen LogP contribution in [0.5, 0.6) is 0 Å². The second-order valence-electron chi connectivity index (χ2n) is 4.95. The van der Waals surface area contributed by atoms with Gasteiger partial charge < -0.3 is 0 Å². The molecule has 1 unspecified atom stereocenters. The second-order valence-corrected chi connectivity index (χ2v) is 8.36. The predicted molar refractivity (Wildman–Crippen MR) is 97.9 cm³/mol. The van der Waals surface area contributed by atoms with E-state index in [2.05, 4.69) is 0 Å². The molecule has 0 amide bonds. The summed E-state index contributed by atoms with van der Waals surface area (Å²) in [5, 5.41) is -0.841. The molecule has 10 heteroatoms. The molecular weight excluding hydrogens is 435 g/mol. The quantitative estimate of drug-likeness (QED) is 0.474. The Bertz CT molecular complexity index is 919.